The van der Waals surface area contributed by atoms with Crippen molar-refractivity contribution in [1.82, 2.24) is 0 Å². The van der Waals surface area contributed by atoms with Crippen molar-refractivity contribution in [3.63, 3.8) is 0 Å². The first kappa shape index (κ1) is 24.5. The normalized spacial score (nSPS) is 10.9. The molecule has 0 atom stereocenters. The maximum Gasteiger partial charge on any atom is 2.00 e. The average molecular weight is 442 g/mol. The molecule has 0 spiro atoms. The van der Waals surface area contributed by atoms with Crippen molar-refractivity contribution < 1.29 is 63.2 Å². The van der Waals surface area contributed by atoms with Crippen LogP contribution in [0.1, 0.15) is 31.8 Å². The van der Waals surface area contributed by atoms with E-state index in [9.17, 15) is 46.1 Å². The van der Waals surface area contributed by atoms with Crippen molar-refractivity contribution in [3.05, 3.63) is 70.8 Å². The fraction of sp³-hybridized carbons (Fsp3) is 0.125. The van der Waals surface area contributed by atoms with Gasteiger partial charge in [-0.15, -0.1) is 0 Å². The van der Waals surface area contributed by atoms with Crippen LogP contribution in [0.25, 0.3) is 0 Å². The molecule has 27 heavy (non-hydrogen) atoms. The Labute approximate surface area is 158 Å². The van der Waals surface area contributed by atoms with Crippen LogP contribution in [0.5, 0.6) is 0 Å². The number of benzene rings is 2. The van der Waals surface area contributed by atoms with Gasteiger partial charge in [-0.25, -0.2) is 0 Å². The van der Waals surface area contributed by atoms with Crippen LogP contribution in [-0.4, -0.2) is 11.9 Å². The second-order valence-corrected chi connectivity index (χ2v) is 4.73. The summed E-state index contributed by atoms with van der Waals surface area (Å²) in [6, 6.07) is 6.24. The average Bonchev–Trinajstić information content (AvgIpc) is 2.54. The van der Waals surface area contributed by atoms with Gasteiger partial charge in [-0.05, 0) is 35.4 Å². The third-order valence-corrected chi connectivity index (χ3v) is 2.90. The van der Waals surface area contributed by atoms with E-state index < -0.39 is 35.4 Å². The molecule has 0 aliphatic rings. The van der Waals surface area contributed by atoms with Crippen LogP contribution < -0.4 is 10.2 Å². The molecule has 11 heteroatoms. The zero-order valence-corrected chi connectivity index (χ0v) is 13.8. The van der Waals surface area contributed by atoms with E-state index >= 15 is 0 Å². The van der Waals surface area contributed by atoms with E-state index in [1.807, 2.05) is 0 Å². The smallest absolute Gasteiger partial charge is 0.545 e. The molecule has 2 rings (SSSR count). The molecule has 2 aromatic carbocycles. The van der Waals surface area contributed by atoms with Crippen LogP contribution in [0.15, 0.2) is 48.5 Å². The van der Waals surface area contributed by atoms with Gasteiger partial charge in [-0.1, -0.05) is 24.3 Å². The Hall–Kier alpha value is -2.52. The van der Waals surface area contributed by atoms with E-state index in [4.69, 9.17) is 0 Å². The fourth-order valence-electron chi connectivity index (χ4n) is 1.59. The van der Waals surface area contributed by atoms with E-state index in [0.717, 1.165) is 24.3 Å². The summed E-state index contributed by atoms with van der Waals surface area (Å²) in [7, 11) is 0. The number of carboxylic acids is 2. The first-order valence-corrected chi connectivity index (χ1v) is 6.59. The van der Waals surface area contributed by atoms with Crippen LogP contribution in [0.3, 0.4) is 0 Å². The molecule has 0 heterocycles. The molecule has 0 fully saturated rings. The maximum atomic E-state index is 12.0. The summed E-state index contributed by atoms with van der Waals surface area (Å²) in [5, 5.41) is 20.3. The number of rotatable bonds is 2. The van der Waals surface area contributed by atoms with E-state index in [-0.39, 0.29) is 28.2 Å². The minimum Gasteiger partial charge on any atom is -0.545 e. The second-order valence-electron chi connectivity index (χ2n) is 4.73. The number of carboxylic acid groups (broad SMARTS) is 2. The van der Waals surface area contributed by atoms with E-state index in [1.165, 1.54) is 0 Å². The molecule has 0 aliphatic heterocycles. The summed E-state index contributed by atoms with van der Waals surface area (Å²) in [4.78, 5) is 20.3. The standard InChI is InChI=1S/2C8H5F3O2.Cu/c2*9-8(10,11)6-3-1-5(2-4-6)7(12)13;/h2*1-4H,(H,12,13);/q;;+2/p-2. The molecule has 0 aromatic heterocycles. The van der Waals surface area contributed by atoms with Gasteiger partial charge in [0.1, 0.15) is 0 Å². The summed E-state index contributed by atoms with van der Waals surface area (Å²) in [5.74, 6) is -2.98. The van der Waals surface area contributed by atoms with Crippen molar-refractivity contribution in [2.45, 2.75) is 12.4 Å². The Balaban J connectivity index is 0.000000483. The minimum atomic E-state index is -4.44. The Morgan fingerprint density at radius 2 is 0.815 bits per heavy atom. The molecule has 149 valence electrons. The summed E-state index contributed by atoms with van der Waals surface area (Å²) in [6.07, 6.45) is -8.88. The molecule has 0 unspecified atom stereocenters. The Kier molecular flexibility index (Phi) is 8.55. The van der Waals surface area contributed by atoms with Gasteiger partial charge < -0.3 is 19.8 Å². The van der Waals surface area contributed by atoms with E-state index in [2.05, 4.69) is 0 Å². The zero-order chi connectivity index (χ0) is 20.1. The minimum absolute atomic E-state index is 0. The first-order valence-electron chi connectivity index (χ1n) is 6.59. The molecule has 0 N–H and O–H groups in total. The molecule has 0 amide bonds. The largest absolute Gasteiger partial charge is 2.00 e. The van der Waals surface area contributed by atoms with E-state index in [0.29, 0.717) is 24.3 Å². The number of halogens is 6. The third kappa shape index (κ3) is 7.71. The quantitative estimate of drug-likeness (QED) is 0.528. The Morgan fingerprint density at radius 1 is 0.593 bits per heavy atom. The zero-order valence-electron chi connectivity index (χ0n) is 12.8. The summed E-state index contributed by atoms with van der Waals surface area (Å²) in [6.45, 7) is 0. The molecule has 2 aromatic rings. The third-order valence-electron chi connectivity index (χ3n) is 2.90. The van der Waals surface area contributed by atoms with Crippen molar-refractivity contribution in [2.24, 2.45) is 0 Å². The summed E-state index contributed by atoms with van der Waals surface area (Å²) >= 11 is 0. The van der Waals surface area contributed by atoms with Gasteiger partial charge in [0.25, 0.3) is 0 Å². The van der Waals surface area contributed by atoms with Gasteiger partial charge in [0.2, 0.25) is 0 Å². The first-order chi connectivity index (χ1) is 11.8. The van der Waals surface area contributed by atoms with Crippen molar-refractivity contribution in [3.8, 4) is 0 Å². The van der Waals surface area contributed by atoms with Gasteiger partial charge in [0.05, 0.1) is 23.1 Å². The maximum absolute atomic E-state index is 12.0. The number of carbonyl (C=O) groups excluding carboxylic acids is 2. The number of hydrogen-bond donors (Lipinski definition) is 0. The van der Waals surface area contributed by atoms with Crippen molar-refractivity contribution in [2.75, 3.05) is 0 Å². The van der Waals surface area contributed by atoms with E-state index in [1.54, 1.807) is 0 Å². The monoisotopic (exact) mass is 441 g/mol. The van der Waals surface area contributed by atoms with Crippen LogP contribution in [0.2, 0.25) is 0 Å². The number of hydrogen-bond acceptors (Lipinski definition) is 4. The van der Waals surface area contributed by atoms with Crippen LogP contribution >= 0.6 is 0 Å². The molecule has 0 aliphatic carbocycles. The van der Waals surface area contributed by atoms with Crippen LogP contribution in [-0.2, 0) is 29.4 Å². The molecule has 0 saturated heterocycles. The molecule has 4 nitrogen and oxygen atoms in total. The molecule has 0 bridgehead atoms. The number of carbonyl (C=O) groups is 2. The van der Waals surface area contributed by atoms with Crippen molar-refractivity contribution in [1.29, 1.82) is 0 Å². The SMILES string of the molecule is O=C([O-])c1ccc(C(F)(F)F)cc1.O=C([O-])c1ccc(C(F)(F)F)cc1.[Cu+2]. The van der Waals surface area contributed by atoms with Gasteiger partial charge >= 0.3 is 29.4 Å². The Bertz CT molecular complexity index is 700. The number of alkyl halides is 6. The number of aromatic carboxylic acids is 2. The van der Waals surface area contributed by atoms with Gasteiger partial charge in [0, 0.05) is 0 Å². The molecular formula is C16H8CuF6O4. The predicted molar refractivity (Wildman–Crippen MR) is 71.5 cm³/mol. The predicted octanol–water partition coefficient (Wildman–Crippen LogP) is 2.14. The topological polar surface area (TPSA) is 80.3 Å². The Morgan fingerprint density at radius 3 is 0.963 bits per heavy atom. The van der Waals surface area contributed by atoms with Crippen LogP contribution in [0.4, 0.5) is 26.3 Å². The molecular weight excluding hydrogens is 434 g/mol. The van der Waals surface area contributed by atoms with Gasteiger partial charge in [0.15, 0.2) is 0 Å². The van der Waals surface area contributed by atoms with Crippen molar-refractivity contribution >= 4 is 11.9 Å². The summed E-state index contributed by atoms with van der Waals surface area (Å²) < 4.78 is 71.7. The second kappa shape index (κ2) is 9.43. The summed E-state index contributed by atoms with van der Waals surface area (Å²) in [5.41, 5.74) is -2.30. The van der Waals surface area contributed by atoms with Gasteiger partial charge in [-0.3, -0.25) is 0 Å². The van der Waals surface area contributed by atoms with Crippen LogP contribution in [0, 0.1) is 0 Å². The molecule has 0 saturated carbocycles. The molecule has 1 radical (unpaired) electrons. The van der Waals surface area contributed by atoms with Gasteiger partial charge in [-0.2, -0.15) is 26.3 Å². The fourth-order valence-corrected chi connectivity index (χ4v) is 1.59.